The Morgan fingerprint density at radius 1 is 1.21 bits per heavy atom. The predicted octanol–water partition coefficient (Wildman–Crippen LogP) is 2.51. The van der Waals surface area contributed by atoms with Crippen molar-refractivity contribution in [2.24, 2.45) is 0 Å². The molecule has 0 atom stereocenters. The van der Waals surface area contributed by atoms with E-state index in [-0.39, 0.29) is 11.7 Å². The molecule has 2 N–H and O–H groups in total. The van der Waals surface area contributed by atoms with Crippen molar-refractivity contribution in [3.8, 4) is 0 Å². The molecular formula is C15H20N2O2. The van der Waals surface area contributed by atoms with Crippen molar-refractivity contribution in [1.29, 1.82) is 0 Å². The first kappa shape index (κ1) is 12.5. The Morgan fingerprint density at radius 2 is 1.95 bits per heavy atom. The van der Waals surface area contributed by atoms with Gasteiger partial charge in [-0.1, -0.05) is 12.8 Å². The SMILES string of the molecule is Cc1c(C(=O)NC2CCCC2)[nH]c2c1C(=O)CCC2. The zero-order valence-corrected chi connectivity index (χ0v) is 11.3. The highest BCUT2D eigenvalue weighted by molar-refractivity contribution is 6.04. The molecule has 0 bridgehead atoms. The number of ketones is 1. The molecule has 4 nitrogen and oxygen atoms in total. The molecule has 4 heteroatoms. The first-order chi connectivity index (χ1) is 9.16. The lowest BCUT2D eigenvalue weighted by Gasteiger charge is -2.11. The fourth-order valence-corrected chi connectivity index (χ4v) is 3.33. The number of hydrogen-bond donors (Lipinski definition) is 2. The van der Waals surface area contributed by atoms with E-state index in [0.717, 1.165) is 42.5 Å². The van der Waals surface area contributed by atoms with Gasteiger partial charge in [-0.2, -0.15) is 0 Å². The molecule has 0 saturated heterocycles. The number of rotatable bonds is 2. The van der Waals surface area contributed by atoms with Crippen LogP contribution in [0.3, 0.4) is 0 Å². The number of hydrogen-bond acceptors (Lipinski definition) is 2. The van der Waals surface area contributed by atoms with Crippen LogP contribution in [0.25, 0.3) is 0 Å². The normalized spacial score (nSPS) is 19.5. The van der Waals surface area contributed by atoms with Gasteiger partial charge in [0.05, 0.1) is 0 Å². The molecule has 0 spiro atoms. The van der Waals surface area contributed by atoms with Crippen LogP contribution in [0.5, 0.6) is 0 Å². The van der Waals surface area contributed by atoms with E-state index in [2.05, 4.69) is 10.3 Å². The van der Waals surface area contributed by atoms with Gasteiger partial charge in [-0.25, -0.2) is 0 Å². The monoisotopic (exact) mass is 260 g/mol. The molecule has 0 unspecified atom stereocenters. The molecule has 19 heavy (non-hydrogen) atoms. The molecule has 1 aromatic heterocycles. The zero-order valence-electron chi connectivity index (χ0n) is 11.3. The molecular weight excluding hydrogens is 240 g/mol. The van der Waals surface area contributed by atoms with Crippen LogP contribution in [-0.2, 0) is 6.42 Å². The summed E-state index contributed by atoms with van der Waals surface area (Å²) >= 11 is 0. The van der Waals surface area contributed by atoms with Crippen LogP contribution in [0.15, 0.2) is 0 Å². The van der Waals surface area contributed by atoms with Crippen LogP contribution in [0.1, 0.15) is 70.6 Å². The van der Waals surface area contributed by atoms with Gasteiger partial charge in [0.1, 0.15) is 5.69 Å². The Bertz CT molecular complexity index is 524. The largest absolute Gasteiger partial charge is 0.354 e. The van der Waals surface area contributed by atoms with Gasteiger partial charge in [0.25, 0.3) is 5.91 Å². The molecule has 0 aliphatic heterocycles. The van der Waals surface area contributed by atoms with Crippen molar-refractivity contribution in [2.45, 2.75) is 57.9 Å². The van der Waals surface area contributed by atoms with Crippen molar-refractivity contribution < 1.29 is 9.59 Å². The summed E-state index contributed by atoms with van der Waals surface area (Å²) in [7, 11) is 0. The second-order valence-corrected chi connectivity index (χ2v) is 5.71. The van der Waals surface area contributed by atoms with Crippen molar-refractivity contribution in [2.75, 3.05) is 0 Å². The number of carbonyl (C=O) groups is 2. The Hall–Kier alpha value is -1.58. The minimum absolute atomic E-state index is 0.0494. The number of aromatic amines is 1. The second-order valence-electron chi connectivity index (χ2n) is 5.71. The average molecular weight is 260 g/mol. The Balaban J connectivity index is 1.84. The van der Waals surface area contributed by atoms with E-state index in [4.69, 9.17) is 0 Å². The highest BCUT2D eigenvalue weighted by atomic mass is 16.2. The van der Waals surface area contributed by atoms with E-state index in [9.17, 15) is 9.59 Å². The number of amides is 1. The van der Waals surface area contributed by atoms with Gasteiger partial charge in [0.2, 0.25) is 0 Å². The Kier molecular flexibility index (Phi) is 3.17. The van der Waals surface area contributed by atoms with Crippen molar-refractivity contribution >= 4 is 11.7 Å². The van der Waals surface area contributed by atoms with Crippen LogP contribution in [0.4, 0.5) is 0 Å². The maximum Gasteiger partial charge on any atom is 0.268 e. The molecule has 1 aromatic rings. The number of aromatic nitrogens is 1. The quantitative estimate of drug-likeness (QED) is 0.858. The maximum atomic E-state index is 12.3. The number of Topliss-reactive ketones (excluding diaryl/α,β-unsaturated/α-hetero) is 1. The Morgan fingerprint density at radius 3 is 2.63 bits per heavy atom. The van der Waals surface area contributed by atoms with E-state index in [1.54, 1.807) is 0 Å². The summed E-state index contributed by atoms with van der Waals surface area (Å²) in [5.41, 5.74) is 3.13. The third-order valence-corrected chi connectivity index (χ3v) is 4.35. The molecule has 2 aliphatic carbocycles. The molecule has 3 rings (SSSR count). The van der Waals surface area contributed by atoms with E-state index < -0.39 is 0 Å². The summed E-state index contributed by atoms with van der Waals surface area (Å²) in [6.07, 6.45) is 6.91. The van der Waals surface area contributed by atoms with Crippen LogP contribution < -0.4 is 5.32 Å². The number of nitrogens with one attached hydrogen (secondary N) is 2. The Labute approximate surface area is 113 Å². The van der Waals surface area contributed by atoms with E-state index >= 15 is 0 Å². The van der Waals surface area contributed by atoms with Gasteiger partial charge in [0.15, 0.2) is 5.78 Å². The third-order valence-electron chi connectivity index (χ3n) is 4.35. The smallest absolute Gasteiger partial charge is 0.268 e. The maximum absolute atomic E-state index is 12.3. The molecule has 1 heterocycles. The lowest BCUT2D eigenvalue weighted by molar-refractivity contribution is 0.0932. The first-order valence-corrected chi connectivity index (χ1v) is 7.22. The predicted molar refractivity (Wildman–Crippen MR) is 72.5 cm³/mol. The minimum Gasteiger partial charge on any atom is -0.354 e. The topological polar surface area (TPSA) is 62.0 Å². The van der Waals surface area contributed by atoms with E-state index in [1.807, 2.05) is 6.92 Å². The number of H-pyrrole nitrogens is 1. The van der Waals surface area contributed by atoms with Gasteiger partial charge >= 0.3 is 0 Å². The minimum atomic E-state index is -0.0494. The molecule has 1 fully saturated rings. The fourth-order valence-electron chi connectivity index (χ4n) is 3.33. The van der Waals surface area contributed by atoms with Gasteiger partial charge < -0.3 is 10.3 Å². The molecule has 1 saturated carbocycles. The molecule has 0 radical (unpaired) electrons. The van der Waals surface area contributed by atoms with Crippen LogP contribution >= 0.6 is 0 Å². The van der Waals surface area contributed by atoms with Crippen LogP contribution in [0.2, 0.25) is 0 Å². The lowest BCUT2D eigenvalue weighted by atomic mass is 9.94. The van der Waals surface area contributed by atoms with Crippen LogP contribution in [0, 0.1) is 6.92 Å². The summed E-state index contributed by atoms with van der Waals surface area (Å²) in [5, 5.41) is 3.08. The third kappa shape index (κ3) is 2.20. The number of carbonyl (C=O) groups excluding carboxylic acids is 2. The summed E-state index contributed by atoms with van der Waals surface area (Å²) < 4.78 is 0. The first-order valence-electron chi connectivity index (χ1n) is 7.22. The molecule has 0 aromatic carbocycles. The van der Waals surface area contributed by atoms with E-state index in [1.165, 1.54) is 12.8 Å². The van der Waals surface area contributed by atoms with Crippen LogP contribution in [-0.4, -0.2) is 22.7 Å². The zero-order chi connectivity index (χ0) is 13.4. The van der Waals surface area contributed by atoms with Gasteiger partial charge in [-0.05, 0) is 38.2 Å². The van der Waals surface area contributed by atoms with Crippen molar-refractivity contribution in [3.05, 3.63) is 22.5 Å². The van der Waals surface area contributed by atoms with Gasteiger partial charge in [0, 0.05) is 23.7 Å². The standard InChI is InChI=1S/C15H20N2O2/c1-9-13-11(7-4-8-12(13)18)17-14(9)15(19)16-10-5-2-3-6-10/h10,17H,2-8H2,1H3,(H,16,19). The van der Waals surface area contributed by atoms with Crippen molar-refractivity contribution in [3.63, 3.8) is 0 Å². The highest BCUT2D eigenvalue weighted by Crippen LogP contribution is 2.27. The highest BCUT2D eigenvalue weighted by Gasteiger charge is 2.27. The van der Waals surface area contributed by atoms with E-state index in [0.29, 0.717) is 18.2 Å². The summed E-state index contributed by atoms with van der Waals surface area (Å²) in [4.78, 5) is 27.4. The molecule has 2 aliphatic rings. The molecule has 1 amide bonds. The summed E-state index contributed by atoms with van der Waals surface area (Å²) in [6.45, 7) is 1.88. The number of aryl methyl sites for hydroxylation is 1. The van der Waals surface area contributed by atoms with Gasteiger partial charge in [-0.3, -0.25) is 9.59 Å². The average Bonchev–Trinajstić information content (AvgIpc) is 2.98. The summed E-state index contributed by atoms with van der Waals surface area (Å²) in [5.74, 6) is 0.126. The summed E-state index contributed by atoms with van der Waals surface area (Å²) in [6, 6.07) is 0.308. The lowest BCUT2D eigenvalue weighted by Crippen LogP contribution is -2.33. The van der Waals surface area contributed by atoms with Gasteiger partial charge in [-0.15, -0.1) is 0 Å². The fraction of sp³-hybridized carbons (Fsp3) is 0.600. The number of fused-ring (bicyclic) bond motifs is 1. The second kappa shape index (κ2) is 4.83. The van der Waals surface area contributed by atoms with Crippen molar-refractivity contribution in [1.82, 2.24) is 10.3 Å². The molecule has 102 valence electrons.